The van der Waals surface area contributed by atoms with Gasteiger partial charge in [-0.25, -0.2) is 0 Å². The molecule has 0 bridgehead atoms. The minimum Gasteiger partial charge on any atom is -0.497 e. The number of para-hydroxylation sites is 2. The van der Waals surface area contributed by atoms with Crippen LogP contribution in [-0.2, 0) is 4.79 Å². The molecule has 7 heteroatoms. The van der Waals surface area contributed by atoms with Gasteiger partial charge in [-0.05, 0) is 47.7 Å². The summed E-state index contributed by atoms with van der Waals surface area (Å²) in [7, 11) is 3.14. The van der Waals surface area contributed by atoms with E-state index in [4.69, 9.17) is 14.2 Å². The first-order valence-corrected chi connectivity index (χ1v) is 9.09. The van der Waals surface area contributed by atoms with Crippen molar-refractivity contribution < 1.29 is 23.8 Å². The molecule has 3 rings (SSSR count). The predicted molar refractivity (Wildman–Crippen MR) is 104 cm³/mol. The number of carbonyl (C=O) groups excluding carboxylic acids is 2. The summed E-state index contributed by atoms with van der Waals surface area (Å²) in [4.78, 5) is 26.3. The summed E-state index contributed by atoms with van der Waals surface area (Å²) in [5.74, 6) is 1.54. The third-order valence-corrected chi connectivity index (χ3v) is 4.81. The van der Waals surface area contributed by atoms with Gasteiger partial charge in [0.05, 0.1) is 25.7 Å². The van der Waals surface area contributed by atoms with E-state index in [2.05, 4.69) is 0 Å². The second-order valence-corrected chi connectivity index (χ2v) is 6.60. The van der Waals surface area contributed by atoms with E-state index in [1.54, 1.807) is 38.5 Å². The molecule has 0 saturated carbocycles. The van der Waals surface area contributed by atoms with Crippen LogP contribution in [0.2, 0.25) is 0 Å². The SMILES string of the molecule is COc1cccc(/C=C2\SC(=O)N(CCOc3ccccc3OC)C2=O)c1. The molecule has 2 amide bonds. The van der Waals surface area contributed by atoms with Gasteiger partial charge >= 0.3 is 0 Å². The molecular formula is C20H19NO5S. The molecule has 1 aliphatic heterocycles. The topological polar surface area (TPSA) is 65.1 Å². The summed E-state index contributed by atoms with van der Waals surface area (Å²) in [6.45, 7) is 0.350. The highest BCUT2D eigenvalue weighted by molar-refractivity contribution is 8.18. The molecule has 0 unspecified atom stereocenters. The van der Waals surface area contributed by atoms with Crippen molar-refractivity contribution >= 4 is 29.0 Å². The molecule has 0 aliphatic carbocycles. The van der Waals surface area contributed by atoms with Gasteiger partial charge in [-0.3, -0.25) is 14.5 Å². The molecule has 0 spiro atoms. The maximum absolute atomic E-state index is 12.5. The minimum absolute atomic E-state index is 0.165. The molecule has 2 aromatic rings. The number of thioether (sulfide) groups is 1. The first-order chi connectivity index (χ1) is 13.1. The number of hydrogen-bond donors (Lipinski definition) is 0. The third-order valence-electron chi connectivity index (χ3n) is 3.91. The summed E-state index contributed by atoms with van der Waals surface area (Å²) >= 11 is 0.921. The van der Waals surface area contributed by atoms with Crippen LogP contribution in [0.1, 0.15) is 5.56 Å². The van der Waals surface area contributed by atoms with Crippen LogP contribution in [0.15, 0.2) is 53.4 Å². The van der Waals surface area contributed by atoms with E-state index >= 15 is 0 Å². The summed E-state index contributed by atoms with van der Waals surface area (Å²) in [6, 6.07) is 14.5. The lowest BCUT2D eigenvalue weighted by molar-refractivity contribution is -0.123. The van der Waals surface area contributed by atoms with Gasteiger partial charge < -0.3 is 14.2 Å². The fraction of sp³-hybridized carbons (Fsp3) is 0.200. The predicted octanol–water partition coefficient (Wildman–Crippen LogP) is 3.82. The zero-order valence-electron chi connectivity index (χ0n) is 15.0. The van der Waals surface area contributed by atoms with Crippen molar-refractivity contribution in [2.45, 2.75) is 0 Å². The first kappa shape index (κ1) is 18.8. The van der Waals surface area contributed by atoms with Crippen molar-refractivity contribution in [3.8, 4) is 17.2 Å². The largest absolute Gasteiger partial charge is 0.497 e. The normalized spacial score (nSPS) is 15.3. The van der Waals surface area contributed by atoms with E-state index < -0.39 is 0 Å². The van der Waals surface area contributed by atoms with Gasteiger partial charge in [0, 0.05) is 0 Å². The number of ether oxygens (including phenoxy) is 3. The highest BCUT2D eigenvalue weighted by Crippen LogP contribution is 2.33. The lowest BCUT2D eigenvalue weighted by atomic mass is 10.2. The zero-order valence-corrected chi connectivity index (χ0v) is 15.8. The van der Waals surface area contributed by atoms with E-state index in [9.17, 15) is 9.59 Å². The van der Waals surface area contributed by atoms with E-state index in [1.807, 2.05) is 30.3 Å². The molecule has 6 nitrogen and oxygen atoms in total. The average molecular weight is 385 g/mol. The Morgan fingerprint density at radius 3 is 2.52 bits per heavy atom. The Balaban J connectivity index is 1.64. The second kappa shape index (κ2) is 8.64. The van der Waals surface area contributed by atoms with Crippen LogP contribution in [-0.4, -0.2) is 43.4 Å². The highest BCUT2D eigenvalue weighted by Gasteiger charge is 2.34. The van der Waals surface area contributed by atoms with Crippen molar-refractivity contribution in [3.63, 3.8) is 0 Å². The molecular weight excluding hydrogens is 366 g/mol. The summed E-state index contributed by atoms with van der Waals surface area (Å²) in [5.41, 5.74) is 0.796. The molecule has 1 heterocycles. The zero-order chi connectivity index (χ0) is 19.2. The van der Waals surface area contributed by atoms with Gasteiger partial charge in [-0.1, -0.05) is 24.3 Å². The van der Waals surface area contributed by atoms with Crippen LogP contribution in [0, 0.1) is 0 Å². The lowest BCUT2D eigenvalue weighted by Gasteiger charge is -2.14. The molecule has 0 aromatic heterocycles. The van der Waals surface area contributed by atoms with Gasteiger partial charge in [-0.2, -0.15) is 0 Å². The molecule has 2 aromatic carbocycles. The van der Waals surface area contributed by atoms with Crippen LogP contribution in [0.25, 0.3) is 6.08 Å². The number of carbonyl (C=O) groups is 2. The van der Waals surface area contributed by atoms with Gasteiger partial charge in [-0.15, -0.1) is 0 Å². The number of nitrogens with zero attached hydrogens (tertiary/aromatic N) is 1. The number of methoxy groups -OCH3 is 2. The van der Waals surface area contributed by atoms with Crippen molar-refractivity contribution in [2.75, 3.05) is 27.4 Å². The Labute approximate surface area is 161 Å². The third kappa shape index (κ3) is 4.43. The van der Waals surface area contributed by atoms with Gasteiger partial charge in [0.2, 0.25) is 0 Å². The molecule has 0 radical (unpaired) electrons. The van der Waals surface area contributed by atoms with Gasteiger partial charge in [0.25, 0.3) is 11.1 Å². The van der Waals surface area contributed by atoms with Crippen molar-refractivity contribution in [1.82, 2.24) is 4.90 Å². The van der Waals surface area contributed by atoms with Gasteiger partial charge in [0.15, 0.2) is 11.5 Å². The van der Waals surface area contributed by atoms with E-state index in [0.717, 1.165) is 17.3 Å². The van der Waals surface area contributed by atoms with Crippen molar-refractivity contribution in [2.24, 2.45) is 0 Å². The molecule has 1 fully saturated rings. The quantitative estimate of drug-likeness (QED) is 0.675. The smallest absolute Gasteiger partial charge is 0.293 e. The molecule has 1 aliphatic rings. The van der Waals surface area contributed by atoms with Crippen molar-refractivity contribution in [3.05, 3.63) is 59.0 Å². The Hall–Kier alpha value is -2.93. The van der Waals surface area contributed by atoms with E-state index in [-0.39, 0.29) is 24.3 Å². The van der Waals surface area contributed by atoms with Crippen LogP contribution >= 0.6 is 11.8 Å². The van der Waals surface area contributed by atoms with Gasteiger partial charge in [0.1, 0.15) is 12.4 Å². The molecule has 140 valence electrons. The second-order valence-electron chi connectivity index (χ2n) is 5.61. The maximum atomic E-state index is 12.5. The fourth-order valence-electron chi connectivity index (χ4n) is 2.56. The summed E-state index contributed by atoms with van der Waals surface area (Å²) in [6.07, 6.45) is 1.69. The molecule has 0 N–H and O–H groups in total. The number of imide groups is 1. The summed E-state index contributed by atoms with van der Waals surface area (Å²) in [5, 5.41) is -0.308. The summed E-state index contributed by atoms with van der Waals surface area (Å²) < 4.78 is 16.0. The Morgan fingerprint density at radius 1 is 1.00 bits per heavy atom. The highest BCUT2D eigenvalue weighted by atomic mass is 32.2. The maximum Gasteiger partial charge on any atom is 0.293 e. The Kier molecular flexibility index (Phi) is 6.03. The molecule has 1 saturated heterocycles. The molecule has 27 heavy (non-hydrogen) atoms. The van der Waals surface area contributed by atoms with Crippen LogP contribution in [0.3, 0.4) is 0 Å². The standard InChI is InChI=1S/C20H19NO5S/c1-24-15-7-5-6-14(12-15)13-18-19(22)21(20(23)27-18)10-11-26-17-9-4-3-8-16(17)25-2/h3-9,12-13H,10-11H2,1-2H3/b18-13-. The monoisotopic (exact) mass is 385 g/mol. The minimum atomic E-state index is -0.323. The van der Waals surface area contributed by atoms with E-state index in [0.29, 0.717) is 22.2 Å². The van der Waals surface area contributed by atoms with Crippen LogP contribution in [0.4, 0.5) is 4.79 Å². The van der Waals surface area contributed by atoms with E-state index in [1.165, 1.54) is 4.90 Å². The number of benzene rings is 2. The number of hydrogen-bond acceptors (Lipinski definition) is 6. The Bertz CT molecular complexity index is 880. The fourth-order valence-corrected chi connectivity index (χ4v) is 3.43. The number of rotatable bonds is 7. The van der Waals surface area contributed by atoms with Crippen molar-refractivity contribution in [1.29, 1.82) is 0 Å². The first-order valence-electron chi connectivity index (χ1n) is 8.27. The Morgan fingerprint density at radius 2 is 1.78 bits per heavy atom. The number of amides is 2. The lowest BCUT2D eigenvalue weighted by Crippen LogP contribution is -2.32. The molecule has 0 atom stereocenters. The van der Waals surface area contributed by atoms with Crippen LogP contribution in [0.5, 0.6) is 17.2 Å². The average Bonchev–Trinajstić information content (AvgIpc) is 2.95. The van der Waals surface area contributed by atoms with Crippen LogP contribution < -0.4 is 14.2 Å².